The number of ether oxygens (including phenoxy) is 2. The summed E-state index contributed by atoms with van der Waals surface area (Å²) in [7, 11) is 0. The van der Waals surface area contributed by atoms with Crippen LogP contribution in [0, 0.1) is 36.3 Å². The molecule has 4 aliphatic heterocycles. The van der Waals surface area contributed by atoms with Crippen molar-refractivity contribution in [3.63, 3.8) is 0 Å². The summed E-state index contributed by atoms with van der Waals surface area (Å²) in [4.78, 5) is 14.4. The van der Waals surface area contributed by atoms with E-state index in [1.165, 1.54) is 18.2 Å². The lowest BCUT2D eigenvalue weighted by Gasteiger charge is -2.48. The number of aryl methyl sites for hydroxylation is 1. The van der Waals surface area contributed by atoms with Crippen LogP contribution in [0.4, 0.5) is 14.6 Å². The fraction of sp³-hybridized carbons (Fsp3) is 0.474. The van der Waals surface area contributed by atoms with Crippen LogP contribution >= 0.6 is 0 Å². The van der Waals surface area contributed by atoms with Gasteiger partial charge in [-0.2, -0.15) is 9.97 Å². The van der Waals surface area contributed by atoms with Crippen LogP contribution in [-0.4, -0.2) is 83.6 Å². The number of hydrogen-bond donors (Lipinski definition) is 2. The van der Waals surface area contributed by atoms with Crippen LogP contribution < -0.4 is 15.0 Å². The first-order valence-electron chi connectivity index (χ1n) is 17.2. The van der Waals surface area contributed by atoms with Gasteiger partial charge in [0.05, 0.1) is 17.8 Å². The summed E-state index contributed by atoms with van der Waals surface area (Å²) < 4.78 is 44.5. The summed E-state index contributed by atoms with van der Waals surface area (Å²) in [6.45, 7) is 7.53. The van der Waals surface area contributed by atoms with E-state index < -0.39 is 11.6 Å². The zero-order valence-corrected chi connectivity index (χ0v) is 27.1. The normalized spacial score (nSPS) is 23.9. The van der Waals surface area contributed by atoms with Crippen LogP contribution in [0.5, 0.6) is 11.8 Å². The molecule has 0 amide bonds. The zero-order valence-electron chi connectivity index (χ0n) is 27.1. The predicted molar refractivity (Wildman–Crippen MR) is 180 cm³/mol. The Balaban J connectivity index is 1.12. The summed E-state index contributed by atoms with van der Waals surface area (Å²) in [5, 5.41) is 15.8. The van der Waals surface area contributed by atoms with E-state index in [1.54, 1.807) is 6.07 Å². The molecule has 5 fully saturated rings. The Labute approximate surface area is 278 Å². The molecule has 2 bridgehead atoms. The highest BCUT2D eigenvalue weighted by Crippen LogP contribution is 2.49. The molecule has 0 radical (unpaired) electrons. The van der Waals surface area contributed by atoms with E-state index in [-0.39, 0.29) is 39.4 Å². The predicted octanol–water partition coefficient (Wildman–Crippen LogP) is 5.69. The molecule has 2 atom stereocenters. The Morgan fingerprint density at radius 2 is 1.90 bits per heavy atom. The van der Waals surface area contributed by atoms with Crippen LogP contribution in [0.25, 0.3) is 32.8 Å². The third kappa shape index (κ3) is 4.97. The van der Waals surface area contributed by atoms with Crippen molar-refractivity contribution in [2.75, 3.05) is 50.8 Å². The summed E-state index contributed by atoms with van der Waals surface area (Å²) in [6, 6.07) is 8.50. The number of rotatable bonds is 7. The van der Waals surface area contributed by atoms with Gasteiger partial charge in [0.25, 0.3) is 0 Å². The van der Waals surface area contributed by atoms with E-state index in [1.807, 2.05) is 13.0 Å². The Morgan fingerprint density at radius 3 is 2.60 bits per heavy atom. The smallest absolute Gasteiger partial charge is 0.319 e. The lowest BCUT2D eigenvalue weighted by Crippen LogP contribution is -2.62. The average Bonchev–Trinajstić information content (AvgIpc) is 3.48. The highest BCUT2D eigenvalue weighted by Gasteiger charge is 2.52. The molecule has 3 aromatic carbocycles. The van der Waals surface area contributed by atoms with E-state index in [0.717, 1.165) is 77.9 Å². The number of anilines is 1. The molecule has 4 aromatic rings. The molecule has 8 nitrogen and oxygen atoms in total. The maximum atomic E-state index is 17.1. The van der Waals surface area contributed by atoms with Gasteiger partial charge in [-0.25, -0.2) is 8.78 Å². The van der Waals surface area contributed by atoms with Crippen LogP contribution in [0.2, 0.25) is 0 Å². The lowest BCUT2D eigenvalue weighted by molar-refractivity contribution is -0.117. The molecular formula is C38H39F2N5O3. The second-order valence-corrected chi connectivity index (χ2v) is 14.9. The first-order chi connectivity index (χ1) is 23.2. The highest BCUT2D eigenvalue weighted by molar-refractivity contribution is 6.05. The van der Waals surface area contributed by atoms with Gasteiger partial charge in [0.2, 0.25) is 0 Å². The Bertz CT molecular complexity index is 2000. The molecule has 9 rings (SSSR count). The van der Waals surface area contributed by atoms with E-state index in [4.69, 9.17) is 25.9 Å². The fourth-order valence-corrected chi connectivity index (χ4v) is 8.79. The maximum absolute atomic E-state index is 17.1. The maximum Gasteiger partial charge on any atom is 0.319 e. The number of likely N-dealkylation sites (tertiary alicyclic amines) is 1. The number of nitrogens with zero attached hydrogens (tertiary/aromatic N) is 4. The molecule has 2 N–H and O–H groups in total. The molecule has 5 heterocycles. The Hall–Kier alpha value is -4.04. The van der Waals surface area contributed by atoms with Gasteiger partial charge in [-0.05, 0) is 86.2 Å². The molecule has 1 spiro atoms. The minimum absolute atomic E-state index is 0.0208. The van der Waals surface area contributed by atoms with Gasteiger partial charge in [0.15, 0.2) is 5.82 Å². The molecule has 1 aliphatic carbocycles. The highest BCUT2D eigenvalue weighted by atomic mass is 19.1. The number of phenols is 1. The fourth-order valence-electron chi connectivity index (χ4n) is 8.79. The quantitative estimate of drug-likeness (QED) is 0.247. The summed E-state index contributed by atoms with van der Waals surface area (Å²) in [5.41, 5.74) is 1.36. The van der Waals surface area contributed by atoms with Crippen LogP contribution in [0.15, 0.2) is 30.3 Å². The molecule has 5 aliphatic rings. The number of aromatic nitrogens is 2. The first-order valence-corrected chi connectivity index (χ1v) is 17.2. The average molecular weight is 652 g/mol. The van der Waals surface area contributed by atoms with Gasteiger partial charge in [-0.15, -0.1) is 6.42 Å². The lowest BCUT2D eigenvalue weighted by atomic mass is 9.89. The van der Waals surface area contributed by atoms with Crippen molar-refractivity contribution < 1.29 is 23.4 Å². The van der Waals surface area contributed by atoms with Crippen molar-refractivity contribution in [3.8, 4) is 35.2 Å². The topological polar surface area (TPSA) is 83.0 Å². The number of fused-ring (bicyclic) bond motifs is 4. The number of hydrogen-bond acceptors (Lipinski definition) is 8. The number of benzene rings is 3. The van der Waals surface area contributed by atoms with Gasteiger partial charge in [-0.3, -0.25) is 4.90 Å². The number of nitrogens with one attached hydrogen (secondary N) is 1. The number of halogens is 2. The van der Waals surface area contributed by atoms with Crippen molar-refractivity contribution in [1.82, 2.24) is 20.2 Å². The van der Waals surface area contributed by atoms with E-state index >= 15 is 4.39 Å². The van der Waals surface area contributed by atoms with E-state index in [9.17, 15) is 9.50 Å². The zero-order chi connectivity index (χ0) is 32.8. The van der Waals surface area contributed by atoms with Crippen molar-refractivity contribution >= 4 is 27.5 Å². The number of aromatic hydroxyl groups is 1. The standard InChI is InChI=1S/C38H39F2N5O3/c1-3-27-30(39)8-5-23-14-26(46)15-28(32(23)27)31-22(2)13-29-34(33(31)40)42-36(43-35(29)45-16-24-6-7-25(17-45)41-24)47-21-37(10-11-37)18-44-19-38(20-44)9-4-12-48-38/h1,5,8,13-15,24-25,41,46H,4,6-7,9-12,16-21H2,2H3. The van der Waals surface area contributed by atoms with Crippen LogP contribution in [-0.2, 0) is 4.74 Å². The van der Waals surface area contributed by atoms with Crippen molar-refractivity contribution in [3.05, 3.63) is 53.1 Å². The molecule has 1 saturated carbocycles. The number of phenolic OH excluding ortho intramolecular Hbond substituents is 1. The summed E-state index contributed by atoms with van der Waals surface area (Å²) >= 11 is 0. The third-order valence-corrected chi connectivity index (χ3v) is 11.3. The number of piperazine rings is 1. The number of terminal acetylenes is 1. The van der Waals surface area contributed by atoms with Gasteiger partial charge >= 0.3 is 6.01 Å². The van der Waals surface area contributed by atoms with Crippen molar-refractivity contribution in [2.24, 2.45) is 5.41 Å². The minimum Gasteiger partial charge on any atom is -0.508 e. The molecular weight excluding hydrogens is 612 g/mol. The first kappa shape index (κ1) is 30.1. The largest absolute Gasteiger partial charge is 0.508 e. The molecule has 248 valence electrons. The Kier molecular flexibility index (Phi) is 6.88. The molecule has 2 unspecified atom stereocenters. The third-order valence-electron chi connectivity index (χ3n) is 11.3. The monoisotopic (exact) mass is 651 g/mol. The van der Waals surface area contributed by atoms with Crippen molar-refractivity contribution in [1.29, 1.82) is 0 Å². The summed E-state index contributed by atoms with van der Waals surface area (Å²) in [5.74, 6) is 1.87. The SMILES string of the molecule is C#Cc1c(F)ccc2cc(O)cc(-c3c(C)cc4c(N5CC6CCC(C5)N6)nc(OCC5(CN6CC7(CCCO7)C6)CC5)nc4c3F)c12. The van der Waals surface area contributed by atoms with Crippen molar-refractivity contribution in [2.45, 2.75) is 63.1 Å². The molecule has 4 saturated heterocycles. The Morgan fingerprint density at radius 1 is 1.10 bits per heavy atom. The second-order valence-electron chi connectivity index (χ2n) is 14.9. The van der Waals surface area contributed by atoms with Gasteiger partial charge in [-0.1, -0.05) is 12.0 Å². The van der Waals surface area contributed by atoms with E-state index in [0.29, 0.717) is 51.8 Å². The second kappa shape index (κ2) is 11.0. The summed E-state index contributed by atoms with van der Waals surface area (Å²) in [6.07, 6.45) is 12.4. The van der Waals surface area contributed by atoms with Gasteiger partial charge in [0, 0.05) is 73.2 Å². The van der Waals surface area contributed by atoms with Gasteiger partial charge < -0.3 is 24.8 Å². The van der Waals surface area contributed by atoms with Crippen LogP contribution in [0.3, 0.4) is 0 Å². The van der Waals surface area contributed by atoms with E-state index in [2.05, 4.69) is 21.0 Å². The van der Waals surface area contributed by atoms with Gasteiger partial charge in [0.1, 0.15) is 22.9 Å². The minimum atomic E-state index is -0.584. The molecule has 1 aromatic heterocycles. The van der Waals surface area contributed by atoms with Crippen LogP contribution in [0.1, 0.15) is 49.7 Å². The molecule has 10 heteroatoms. The molecule has 48 heavy (non-hydrogen) atoms.